The van der Waals surface area contributed by atoms with Crippen LogP contribution in [0.25, 0.3) is 10.2 Å². The number of carbonyl (C=O) groups is 1. The lowest BCUT2D eigenvalue weighted by molar-refractivity contribution is 0.0964. The molecular formula is C17H13ClN2OS. The van der Waals surface area contributed by atoms with Crippen LogP contribution in [-0.4, -0.2) is 10.8 Å². The number of aromatic nitrogens is 1. The molecule has 1 aliphatic rings. The summed E-state index contributed by atoms with van der Waals surface area (Å²) in [5, 5.41) is 2.66. The van der Waals surface area contributed by atoms with Gasteiger partial charge in [0.2, 0.25) is 0 Å². The zero-order valence-electron chi connectivity index (χ0n) is 11.7. The zero-order chi connectivity index (χ0) is 15.3. The molecule has 1 unspecified atom stereocenters. The van der Waals surface area contributed by atoms with Crippen molar-refractivity contribution in [1.82, 2.24) is 4.98 Å². The third-order valence-corrected chi connectivity index (χ3v) is 5.38. The maximum Gasteiger partial charge on any atom is 0.167 e. The van der Waals surface area contributed by atoms with Gasteiger partial charge < -0.3 is 5.73 Å². The number of hydrogen-bond donors (Lipinski definition) is 1. The topological polar surface area (TPSA) is 56.0 Å². The standard InChI is InChI=1S/C17H13ClN2OS/c18-11-3-1-9(2-4-11)10-7-13-15(14(21)8-10)16(19)17-12(20-13)5-6-22-17/h1-6,10H,7-8H2,(H2,19,20). The molecule has 0 radical (unpaired) electrons. The van der Waals surface area contributed by atoms with E-state index in [1.807, 2.05) is 35.7 Å². The average Bonchev–Trinajstić information content (AvgIpc) is 2.96. The Balaban J connectivity index is 1.81. The lowest BCUT2D eigenvalue weighted by Gasteiger charge is -2.24. The number of Topliss-reactive ketones (excluding diaryl/α,β-unsaturated/α-hetero) is 1. The van der Waals surface area contributed by atoms with Gasteiger partial charge in [-0.1, -0.05) is 23.7 Å². The van der Waals surface area contributed by atoms with Crippen LogP contribution in [-0.2, 0) is 6.42 Å². The van der Waals surface area contributed by atoms with Crippen LogP contribution in [0.15, 0.2) is 35.7 Å². The molecule has 3 aromatic rings. The minimum atomic E-state index is 0.0847. The number of hydrogen-bond acceptors (Lipinski definition) is 4. The highest BCUT2D eigenvalue weighted by Gasteiger charge is 2.30. The Labute approximate surface area is 136 Å². The van der Waals surface area contributed by atoms with Crippen LogP contribution in [0.4, 0.5) is 5.69 Å². The first-order chi connectivity index (χ1) is 10.6. The fraction of sp³-hybridized carbons (Fsp3) is 0.176. The van der Waals surface area contributed by atoms with E-state index >= 15 is 0 Å². The minimum Gasteiger partial charge on any atom is -0.397 e. The van der Waals surface area contributed by atoms with E-state index in [2.05, 4.69) is 4.98 Å². The number of rotatable bonds is 1. The number of fused-ring (bicyclic) bond motifs is 2. The van der Waals surface area contributed by atoms with Crippen molar-refractivity contribution < 1.29 is 4.79 Å². The second-order valence-electron chi connectivity index (χ2n) is 5.56. The Morgan fingerprint density at radius 1 is 1.18 bits per heavy atom. The van der Waals surface area contributed by atoms with E-state index in [1.165, 1.54) is 11.3 Å². The SMILES string of the molecule is Nc1c2c(nc3ccsc13)CC(c1ccc(Cl)cc1)CC2=O. The van der Waals surface area contributed by atoms with E-state index in [-0.39, 0.29) is 11.7 Å². The third kappa shape index (κ3) is 2.11. The largest absolute Gasteiger partial charge is 0.397 e. The Kier molecular flexibility index (Phi) is 3.17. The van der Waals surface area contributed by atoms with Gasteiger partial charge in [-0.25, -0.2) is 0 Å². The molecule has 0 fully saturated rings. The summed E-state index contributed by atoms with van der Waals surface area (Å²) in [6, 6.07) is 9.64. The molecule has 2 heterocycles. The summed E-state index contributed by atoms with van der Waals surface area (Å²) in [6.45, 7) is 0. The van der Waals surface area contributed by atoms with E-state index in [0.29, 0.717) is 22.7 Å². The molecule has 1 atom stereocenters. The Morgan fingerprint density at radius 3 is 2.73 bits per heavy atom. The van der Waals surface area contributed by atoms with Crippen molar-refractivity contribution in [2.45, 2.75) is 18.8 Å². The van der Waals surface area contributed by atoms with Crippen LogP contribution in [0, 0.1) is 0 Å². The summed E-state index contributed by atoms with van der Waals surface area (Å²) in [4.78, 5) is 17.2. The summed E-state index contributed by atoms with van der Waals surface area (Å²) in [5.41, 5.74) is 10.2. The average molecular weight is 329 g/mol. The first-order valence-electron chi connectivity index (χ1n) is 7.07. The number of halogens is 1. The highest BCUT2D eigenvalue weighted by atomic mass is 35.5. The predicted octanol–water partition coefficient (Wildman–Crippen LogP) is 4.44. The summed E-state index contributed by atoms with van der Waals surface area (Å²) < 4.78 is 0.914. The smallest absolute Gasteiger partial charge is 0.167 e. The van der Waals surface area contributed by atoms with Gasteiger partial charge in [-0.2, -0.15) is 0 Å². The molecule has 0 amide bonds. The molecule has 0 saturated heterocycles. The van der Waals surface area contributed by atoms with Gasteiger partial charge in [0.05, 0.1) is 27.2 Å². The number of carbonyl (C=O) groups excluding carboxylic acids is 1. The van der Waals surface area contributed by atoms with E-state index in [0.717, 1.165) is 27.9 Å². The summed E-state index contributed by atoms with van der Waals surface area (Å²) in [7, 11) is 0. The molecule has 22 heavy (non-hydrogen) atoms. The first kappa shape index (κ1) is 13.7. The summed E-state index contributed by atoms with van der Waals surface area (Å²) in [5.74, 6) is 0.224. The lowest BCUT2D eigenvalue weighted by atomic mass is 9.81. The van der Waals surface area contributed by atoms with Crippen LogP contribution in [0.3, 0.4) is 0 Å². The number of nitrogens with two attached hydrogens (primary N) is 1. The van der Waals surface area contributed by atoms with Gasteiger partial charge in [-0.15, -0.1) is 11.3 Å². The first-order valence-corrected chi connectivity index (χ1v) is 8.33. The van der Waals surface area contributed by atoms with E-state index in [9.17, 15) is 4.79 Å². The summed E-state index contributed by atoms with van der Waals surface area (Å²) >= 11 is 7.47. The van der Waals surface area contributed by atoms with Crippen LogP contribution in [0.2, 0.25) is 5.02 Å². The molecule has 110 valence electrons. The van der Waals surface area contributed by atoms with Crippen molar-refractivity contribution in [2.75, 3.05) is 5.73 Å². The van der Waals surface area contributed by atoms with Gasteiger partial charge in [-0.3, -0.25) is 9.78 Å². The molecular weight excluding hydrogens is 316 g/mol. The monoisotopic (exact) mass is 328 g/mol. The van der Waals surface area contributed by atoms with Crippen molar-refractivity contribution in [1.29, 1.82) is 0 Å². The van der Waals surface area contributed by atoms with Gasteiger partial charge in [0.1, 0.15) is 0 Å². The Bertz CT molecular complexity index is 886. The second kappa shape index (κ2) is 5.07. The molecule has 2 N–H and O–H groups in total. The van der Waals surface area contributed by atoms with Crippen LogP contribution >= 0.6 is 22.9 Å². The molecule has 1 aromatic carbocycles. The zero-order valence-corrected chi connectivity index (χ0v) is 13.2. The van der Waals surface area contributed by atoms with Crippen LogP contribution in [0.5, 0.6) is 0 Å². The normalized spacial score (nSPS) is 17.7. The van der Waals surface area contributed by atoms with Gasteiger partial charge >= 0.3 is 0 Å². The summed E-state index contributed by atoms with van der Waals surface area (Å²) in [6.07, 6.45) is 1.20. The number of ketones is 1. The van der Waals surface area contributed by atoms with Crippen molar-refractivity contribution >= 4 is 44.6 Å². The molecule has 5 heteroatoms. The minimum absolute atomic E-state index is 0.0847. The highest BCUT2D eigenvalue weighted by molar-refractivity contribution is 7.17. The van der Waals surface area contributed by atoms with Crippen LogP contribution in [0.1, 0.15) is 34.0 Å². The van der Waals surface area contributed by atoms with E-state index < -0.39 is 0 Å². The number of nitrogen functional groups attached to an aromatic ring is 1. The molecule has 1 aliphatic carbocycles. The molecule has 2 aromatic heterocycles. The lowest BCUT2D eigenvalue weighted by Crippen LogP contribution is -2.21. The van der Waals surface area contributed by atoms with Crippen LogP contribution < -0.4 is 5.73 Å². The molecule has 4 rings (SSSR count). The Morgan fingerprint density at radius 2 is 1.95 bits per heavy atom. The van der Waals surface area contributed by atoms with Crippen molar-refractivity contribution in [2.24, 2.45) is 0 Å². The van der Waals surface area contributed by atoms with Gasteiger partial charge in [0.15, 0.2) is 5.78 Å². The number of pyridine rings is 1. The quantitative estimate of drug-likeness (QED) is 0.718. The number of benzene rings is 1. The predicted molar refractivity (Wildman–Crippen MR) is 90.9 cm³/mol. The fourth-order valence-corrected chi connectivity index (χ4v) is 4.05. The Hall–Kier alpha value is -1.91. The molecule has 0 aliphatic heterocycles. The second-order valence-corrected chi connectivity index (χ2v) is 6.91. The molecule has 0 bridgehead atoms. The molecule has 0 spiro atoms. The molecule has 0 saturated carbocycles. The van der Waals surface area contributed by atoms with Gasteiger partial charge in [0, 0.05) is 11.4 Å². The third-order valence-electron chi connectivity index (χ3n) is 4.19. The molecule has 3 nitrogen and oxygen atoms in total. The van der Waals surface area contributed by atoms with E-state index in [4.69, 9.17) is 17.3 Å². The van der Waals surface area contributed by atoms with Crippen molar-refractivity contribution in [3.63, 3.8) is 0 Å². The maximum atomic E-state index is 12.6. The number of anilines is 1. The van der Waals surface area contributed by atoms with E-state index in [1.54, 1.807) is 0 Å². The van der Waals surface area contributed by atoms with Gasteiger partial charge in [0.25, 0.3) is 0 Å². The number of nitrogens with zero attached hydrogens (tertiary/aromatic N) is 1. The maximum absolute atomic E-state index is 12.6. The number of thiophene rings is 1. The van der Waals surface area contributed by atoms with Gasteiger partial charge in [-0.05, 0) is 41.5 Å². The van der Waals surface area contributed by atoms with Crippen molar-refractivity contribution in [3.05, 3.63) is 57.6 Å². The fourth-order valence-electron chi connectivity index (χ4n) is 3.12. The van der Waals surface area contributed by atoms with Crippen molar-refractivity contribution in [3.8, 4) is 0 Å². The highest BCUT2D eigenvalue weighted by Crippen LogP contribution is 2.38.